The highest BCUT2D eigenvalue weighted by molar-refractivity contribution is 5.85. The Hall–Kier alpha value is -2.08. The van der Waals surface area contributed by atoms with Crippen molar-refractivity contribution in [1.82, 2.24) is 19.4 Å². The van der Waals surface area contributed by atoms with Gasteiger partial charge < -0.3 is 9.47 Å². The topological polar surface area (TPSA) is 27.5 Å². The Morgan fingerprint density at radius 1 is 0.714 bits per heavy atom. The van der Waals surface area contributed by atoms with E-state index in [1.165, 1.54) is 11.1 Å². The minimum absolute atomic E-state index is 0. The van der Waals surface area contributed by atoms with Gasteiger partial charge in [0.15, 0.2) is 0 Å². The van der Waals surface area contributed by atoms with Crippen molar-refractivity contribution in [1.29, 1.82) is 0 Å². The smallest absolute Gasteiger partial charge is 0.206 e. The zero-order valence-corrected chi connectivity index (χ0v) is 17.0. The highest BCUT2D eigenvalue weighted by Crippen LogP contribution is 2.26. The Kier molecular flexibility index (Phi) is 5.85. The first kappa shape index (κ1) is 19.2. The summed E-state index contributed by atoms with van der Waals surface area (Å²) in [7, 11) is 0. The van der Waals surface area contributed by atoms with E-state index in [1.54, 1.807) is 0 Å². The molecule has 2 aliphatic rings. The zero-order chi connectivity index (χ0) is 18.1. The summed E-state index contributed by atoms with van der Waals surface area (Å²) in [5, 5.41) is 0. The Balaban J connectivity index is 0.00000192. The Morgan fingerprint density at radius 3 is 2.25 bits per heavy atom. The van der Waals surface area contributed by atoms with Crippen LogP contribution >= 0.6 is 12.4 Å². The average Bonchev–Trinajstić information content (AvgIpc) is 3.28. The Labute approximate surface area is 173 Å². The lowest BCUT2D eigenvalue weighted by atomic mass is 10.2. The summed E-state index contributed by atoms with van der Waals surface area (Å²) < 4.78 is 2.37. The van der Waals surface area contributed by atoms with Crippen molar-refractivity contribution in [3.63, 3.8) is 0 Å². The summed E-state index contributed by atoms with van der Waals surface area (Å²) in [4.78, 5) is 12.5. The van der Waals surface area contributed by atoms with Crippen LogP contribution < -0.4 is 4.90 Å². The third kappa shape index (κ3) is 3.88. The monoisotopic (exact) mass is 397 g/mol. The molecule has 3 heterocycles. The molecule has 1 saturated heterocycles. The molecule has 0 spiro atoms. The minimum atomic E-state index is 0. The van der Waals surface area contributed by atoms with Crippen molar-refractivity contribution in [3.8, 4) is 0 Å². The van der Waals surface area contributed by atoms with Gasteiger partial charge in [-0.2, -0.15) is 0 Å². The molecule has 5 nitrogen and oxygen atoms in total. The van der Waals surface area contributed by atoms with Crippen LogP contribution in [-0.2, 0) is 13.1 Å². The average molecular weight is 398 g/mol. The van der Waals surface area contributed by atoms with Gasteiger partial charge in [-0.05, 0) is 17.7 Å². The summed E-state index contributed by atoms with van der Waals surface area (Å²) in [6.45, 7) is 10.1. The number of para-hydroxylation sites is 2. The van der Waals surface area contributed by atoms with Gasteiger partial charge in [-0.25, -0.2) is 4.98 Å². The van der Waals surface area contributed by atoms with E-state index in [9.17, 15) is 0 Å². The van der Waals surface area contributed by atoms with Crippen molar-refractivity contribution in [2.75, 3.05) is 50.7 Å². The number of piperazine rings is 1. The minimum Gasteiger partial charge on any atom is -0.339 e. The van der Waals surface area contributed by atoms with Crippen LogP contribution in [-0.4, -0.2) is 65.2 Å². The molecule has 0 amide bonds. The van der Waals surface area contributed by atoms with Crippen LogP contribution in [0.25, 0.3) is 11.0 Å². The number of hydrogen-bond acceptors (Lipinski definition) is 4. The normalized spacial score (nSPS) is 17.6. The molecule has 0 bridgehead atoms. The van der Waals surface area contributed by atoms with E-state index in [0.717, 1.165) is 70.4 Å². The van der Waals surface area contributed by atoms with Gasteiger partial charge in [-0.15, -0.1) is 12.4 Å². The fourth-order valence-electron chi connectivity index (χ4n) is 4.33. The molecule has 0 atom stereocenters. The van der Waals surface area contributed by atoms with Gasteiger partial charge in [0.1, 0.15) is 0 Å². The van der Waals surface area contributed by atoms with Gasteiger partial charge in [0, 0.05) is 58.9 Å². The van der Waals surface area contributed by atoms with Crippen LogP contribution in [0.4, 0.5) is 5.95 Å². The predicted octanol–water partition coefficient (Wildman–Crippen LogP) is 3.10. The molecule has 28 heavy (non-hydrogen) atoms. The van der Waals surface area contributed by atoms with Crippen molar-refractivity contribution in [2.24, 2.45) is 0 Å². The van der Waals surface area contributed by atoms with Gasteiger partial charge in [0.05, 0.1) is 11.0 Å². The van der Waals surface area contributed by atoms with E-state index >= 15 is 0 Å². The molecule has 2 aromatic carbocycles. The number of imidazole rings is 1. The molecular weight excluding hydrogens is 370 g/mol. The molecule has 0 saturated carbocycles. The number of nitrogens with zero attached hydrogens (tertiary/aromatic N) is 5. The predicted molar refractivity (Wildman–Crippen MR) is 117 cm³/mol. The lowest BCUT2D eigenvalue weighted by Crippen LogP contribution is -2.48. The zero-order valence-electron chi connectivity index (χ0n) is 16.2. The fourth-order valence-corrected chi connectivity index (χ4v) is 4.33. The van der Waals surface area contributed by atoms with Crippen LogP contribution in [0.2, 0.25) is 0 Å². The van der Waals surface area contributed by atoms with E-state index in [2.05, 4.69) is 73.9 Å². The van der Waals surface area contributed by atoms with Crippen molar-refractivity contribution < 1.29 is 0 Å². The largest absolute Gasteiger partial charge is 0.339 e. The van der Waals surface area contributed by atoms with Crippen molar-refractivity contribution in [2.45, 2.75) is 13.1 Å². The van der Waals surface area contributed by atoms with Gasteiger partial charge in [-0.3, -0.25) is 9.80 Å². The maximum absolute atomic E-state index is 4.86. The van der Waals surface area contributed by atoms with Crippen molar-refractivity contribution >= 4 is 29.4 Å². The highest BCUT2D eigenvalue weighted by Gasteiger charge is 2.24. The third-order valence-corrected chi connectivity index (χ3v) is 5.91. The molecule has 1 fully saturated rings. The highest BCUT2D eigenvalue weighted by atomic mass is 35.5. The first-order chi connectivity index (χ1) is 13.4. The molecule has 5 rings (SSSR count). The summed E-state index contributed by atoms with van der Waals surface area (Å²) in [6, 6.07) is 19.3. The second-order valence-electron chi connectivity index (χ2n) is 7.64. The molecule has 0 aliphatic carbocycles. The standard InChI is InChI=1S/C22H27N5.ClH/c1-2-6-19(7-3-1)18-25-12-10-24(11-13-25)14-15-26-16-17-27-21-9-5-4-8-20(21)23-22(26)27;/h1-9H,10-18H2;1H. The molecule has 0 unspecified atom stereocenters. The summed E-state index contributed by atoms with van der Waals surface area (Å²) in [5.41, 5.74) is 3.80. The van der Waals surface area contributed by atoms with Gasteiger partial charge >= 0.3 is 0 Å². The van der Waals surface area contributed by atoms with E-state index in [0.29, 0.717) is 0 Å². The summed E-state index contributed by atoms with van der Waals surface area (Å²) in [5.74, 6) is 1.15. The molecule has 2 aliphatic heterocycles. The maximum Gasteiger partial charge on any atom is 0.206 e. The first-order valence-corrected chi connectivity index (χ1v) is 10.1. The number of benzene rings is 2. The molecular formula is C22H28ClN5. The SMILES string of the molecule is Cl.c1ccc(CN2CCN(CCN3CCn4c3nc3ccccc34)CC2)cc1. The van der Waals surface area contributed by atoms with Crippen LogP contribution in [0.3, 0.4) is 0 Å². The third-order valence-electron chi connectivity index (χ3n) is 5.91. The molecule has 0 N–H and O–H groups in total. The summed E-state index contributed by atoms with van der Waals surface area (Å²) >= 11 is 0. The Bertz CT molecular complexity index is 902. The second kappa shape index (κ2) is 8.52. The molecule has 1 aromatic heterocycles. The molecule has 0 radical (unpaired) electrons. The van der Waals surface area contributed by atoms with Gasteiger partial charge in [0.2, 0.25) is 5.95 Å². The molecule has 148 valence electrons. The molecule has 6 heteroatoms. The van der Waals surface area contributed by atoms with E-state index < -0.39 is 0 Å². The number of rotatable bonds is 5. The van der Waals surface area contributed by atoms with Gasteiger partial charge in [0.25, 0.3) is 0 Å². The number of fused-ring (bicyclic) bond motifs is 3. The van der Waals surface area contributed by atoms with Gasteiger partial charge in [-0.1, -0.05) is 42.5 Å². The van der Waals surface area contributed by atoms with Crippen LogP contribution in [0.1, 0.15) is 5.56 Å². The van der Waals surface area contributed by atoms with Crippen LogP contribution in [0.15, 0.2) is 54.6 Å². The fraction of sp³-hybridized carbons (Fsp3) is 0.409. The molecule has 3 aromatic rings. The van der Waals surface area contributed by atoms with Crippen molar-refractivity contribution in [3.05, 3.63) is 60.2 Å². The second-order valence-corrected chi connectivity index (χ2v) is 7.64. The van der Waals surface area contributed by atoms with E-state index in [4.69, 9.17) is 4.98 Å². The first-order valence-electron chi connectivity index (χ1n) is 10.1. The van der Waals surface area contributed by atoms with Crippen LogP contribution in [0.5, 0.6) is 0 Å². The number of anilines is 1. The van der Waals surface area contributed by atoms with E-state index in [-0.39, 0.29) is 12.4 Å². The van der Waals surface area contributed by atoms with Crippen LogP contribution in [0, 0.1) is 0 Å². The van der Waals surface area contributed by atoms with E-state index in [1.807, 2.05) is 0 Å². The maximum atomic E-state index is 4.86. The number of aromatic nitrogens is 2. The number of hydrogen-bond donors (Lipinski definition) is 0. The Morgan fingerprint density at radius 2 is 1.43 bits per heavy atom. The quantitative estimate of drug-likeness (QED) is 0.661. The summed E-state index contributed by atoms with van der Waals surface area (Å²) in [6.07, 6.45) is 0. The lowest BCUT2D eigenvalue weighted by molar-refractivity contribution is 0.129. The number of halogens is 1. The lowest BCUT2D eigenvalue weighted by Gasteiger charge is -2.35.